The quantitative estimate of drug-likeness (QED) is 0.677. The maximum Gasteiger partial charge on any atom is 0.312 e. The molecule has 0 heterocycles. The van der Waals surface area contributed by atoms with E-state index >= 15 is 0 Å². The zero-order valence-electron chi connectivity index (χ0n) is 11.1. The molecule has 110 valence electrons. The molecule has 0 amide bonds. The van der Waals surface area contributed by atoms with E-state index in [4.69, 9.17) is 4.74 Å². The fourth-order valence-electron chi connectivity index (χ4n) is 1.86. The second-order valence-electron chi connectivity index (χ2n) is 4.27. The number of nitro groups is 1. The molecule has 0 atom stereocenters. The summed E-state index contributed by atoms with van der Waals surface area (Å²) in [5.41, 5.74) is 0.658. The Bertz CT molecular complexity index is 657. The summed E-state index contributed by atoms with van der Waals surface area (Å²) in [6, 6.07) is 7.49. The highest BCUT2D eigenvalue weighted by atomic mass is 19.1. The van der Waals surface area contributed by atoms with E-state index in [0.717, 1.165) is 6.07 Å². The van der Waals surface area contributed by atoms with E-state index in [1.807, 2.05) is 0 Å². The van der Waals surface area contributed by atoms with Crippen LogP contribution in [0.15, 0.2) is 36.4 Å². The Hall–Kier alpha value is -2.70. The highest BCUT2D eigenvalue weighted by Crippen LogP contribution is 2.29. The van der Waals surface area contributed by atoms with Gasteiger partial charge in [-0.1, -0.05) is 0 Å². The number of methoxy groups -OCH3 is 1. The number of hydrogen-bond donors (Lipinski definition) is 1. The van der Waals surface area contributed by atoms with Crippen LogP contribution in [0.1, 0.15) is 5.56 Å². The summed E-state index contributed by atoms with van der Waals surface area (Å²) < 4.78 is 31.0. The van der Waals surface area contributed by atoms with Gasteiger partial charge in [0.25, 0.3) is 0 Å². The lowest BCUT2D eigenvalue weighted by Crippen LogP contribution is -2.02. The standard InChI is InChI=1S/C14H12F2N2O3/c1-21-14-3-2-12(7-13(14)18(19)20)17-8-9-4-10(15)6-11(16)5-9/h2-7,17H,8H2,1H3. The van der Waals surface area contributed by atoms with Gasteiger partial charge in [-0.25, -0.2) is 8.78 Å². The Balaban J connectivity index is 2.16. The second kappa shape index (κ2) is 6.17. The summed E-state index contributed by atoms with van der Waals surface area (Å²) in [7, 11) is 1.34. The molecular formula is C14H12F2N2O3. The molecule has 0 spiro atoms. The average molecular weight is 294 g/mol. The maximum atomic E-state index is 13.0. The molecule has 2 aromatic carbocycles. The van der Waals surface area contributed by atoms with Crippen molar-refractivity contribution in [2.24, 2.45) is 0 Å². The van der Waals surface area contributed by atoms with Crippen molar-refractivity contribution in [1.82, 2.24) is 0 Å². The van der Waals surface area contributed by atoms with Crippen LogP contribution >= 0.6 is 0 Å². The van der Waals surface area contributed by atoms with Crippen LogP contribution in [0.3, 0.4) is 0 Å². The van der Waals surface area contributed by atoms with Gasteiger partial charge in [-0.3, -0.25) is 10.1 Å². The largest absolute Gasteiger partial charge is 0.490 e. The molecule has 21 heavy (non-hydrogen) atoms. The third kappa shape index (κ3) is 3.65. The highest BCUT2D eigenvalue weighted by Gasteiger charge is 2.15. The maximum absolute atomic E-state index is 13.0. The molecule has 0 fully saturated rings. The summed E-state index contributed by atoms with van der Waals surface area (Å²) in [6.07, 6.45) is 0. The highest BCUT2D eigenvalue weighted by molar-refractivity contribution is 5.58. The molecule has 0 unspecified atom stereocenters. The van der Waals surface area contributed by atoms with Gasteiger partial charge in [0.2, 0.25) is 0 Å². The number of halogens is 2. The Kier molecular flexibility index (Phi) is 4.32. The van der Waals surface area contributed by atoms with Gasteiger partial charge < -0.3 is 10.1 Å². The lowest BCUT2D eigenvalue weighted by atomic mass is 10.2. The lowest BCUT2D eigenvalue weighted by molar-refractivity contribution is -0.385. The van der Waals surface area contributed by atoms with Crippen molar-refractivity contribution in [3.05, 3.63) is 63.7 Å². The Labute approximate surface area is 119 Å². The van der Waals surface area contributed by atoms with Crippen molar-refractivity contribution in [2.45, 2.75) is 6.54 Å². The third-order valence-corrected chi connectivity index (χ3v) is 2.79. The minimum Gasteiger partial charge on any atom is -0.490 e. The number of nitrogens with zero attached hydrogens (tertiary/aromatic N) is 1. The van der Waals surface area contributed by atoms with Gasteiger partial charge in [0, 0.05) is 24.4 Å². The molecule has 2 rings (SSSR count). The summed E-state index contributed by atoms with van der Waals surface area (Å²) in [5.74, 6) is -1.21. The summed E-state index contributed by atoms with van der Waals surface area (Å²) in [6.45, 7) is 0.137. The number of nitro benzene ring substituents is 1. The normalized spacial score (nSPS) is 10.2. The smallest absolute Gasteiger partial charge is 0.312 e. The van der Waals surface area contributed by atoms with E-state index in [1.165, 1.54) is 31.4 Å². The predicted octanol–water partition coefficient (Wildman–Crippen LogP) is 3.49. The van der Waals surface area contributed by atoms with E-state index in [2.05, 4.69) is 5.32 Å². The van der Waals surface area contributed by atoms with Gasteiger partial charge in [0.1, 0.15) is 11.6 Å². The first-order valence-electron chi connectivity index (χ1n) is 6.01. The molecule has 0 aliphatic heterocycles. The van der Waals surface area contributed by atoms with Gasteiger partial charge in [0.05, 0.1) is 12.0 Å². The molecule has 2 aromatic rings. The summed E-state index contributed by atoms with van der Waals surface area (Å²) in [5, 5.41) is 13.8. The number of anilines is 1. The number of nitrogens with one attached hydrogen (secondary N) is 1. The fraction of sp³-hybridized carbons (Fsp3) is 0.143. The zero-order chi connectivity index (χ0) is 15.4. The zero-order valence-corrected chi connectivity index (χ0v) is 11.1. The number of benzene rings is 2. The molecule has 0 aromatic heterocycles. The van der Waals surface area contributed by atoms with Crippen LogP contribution in [0.4, 0.5) is 20.2 Å². The van der Waals surface area contributed by atoms with E-state index < -0.39 is 16.6 Å². The SMILES string of the molecule is COc1ccc(NCc2cc(F)cc(F)c2)cc1[N+](=O)[O-]. The van der Waals surface area contributed by atoms with Crippen molar-refractivity contribution in [3.8, 4) is 5.75 Å². The molecule has 0 aliphatic rings. The monoisotopic (exact) mass is 294 g/mol. The first-order valence-corrected chi connectivity index (χ1v) is 6.01. The molecular weight excluding hydrogens is 282 g/mol. The van der Waals surface area contributed by atoms with Gasteiger partial charge >= 0.3 is 5.69 Å². The predicted molar refractivity (Wildman–Crippen MR) is 73.3 cm³/mol. The Morgan fingerprint density at radius 3 is 2.43 bits per heavy atom. The topological polar surface area (TPSA) is 64.4 Å². The fourth-order valence-corrected chi connectivity index (χ4v) is 1.86. The van der Waals surface area contributed by atoms with Crippen molar-refractivity contribution in [2.75, 3.05) is 12.4 Å². The molecule has 5 nitrogen and oxygen atoms in total. The lowest BCUT2D eigenvalue weighted by Gasteiger charge is -2.08. The van der Waals surface area contributed by atoms with Crippen molar-refractivity contribution in [1.29, 1.82) is 0 Å². The minimum absolute atomic E-state index is 0.137. The average Bonchev–Trinajstić information content (AvgIpc) is 2.43. The Morgan fingerprint density at radius 1 is 1.19 bits per heavy atom. The van der Waals surface area contributed by atoms with Gasteiger partial charge in [0.15, 0.2) is 5.75 Å². The third-order valence-electron chi connectivity index (χ3n) is 2.79. The molecule has 0 saturated carbocycles. The molecule has 7 heteroatoms. The number of rotatable bonds is 5. The van der Waals surface area contributed by atoms with Crippen LogP contribution in [0.25, 0.3) is 0 Å². The van der Waals surface area contributed by atoms with Crippen molar-refractivity contribution < 1.29 is 18.4 Å². The van der Waals surface area contributed by atoms with Crippen molar-refractivity contribution in [3.63, 3.8) is 0 Å². The van der Waals surface area contributed by atoms with Gasteiger partial charge in [-0.2, -0.15) is 0 Å². The number of hydrogen-bond acceptors (Lipinski definition) is 4. The van der Waals surface area contributed by atoms with E-state index in [0.29, 0.717) is 11.3 Å². The summed E-state index contributed by atoms with van der Waals surface area (Å²) >= 11 is 0. The molecule has 1 N–H and O–H groups in total. The number of ether oxygens (including phenoxy) is 1. The first kappa shape index (κ1) is 14.7. The van der Waals surface area contributed by atoms with Crippen LogP contribution < -0.4 is 10.1 Å². The van der Waals surface area contributed by atoms with Gasteiger partial charge in [-0.15, -0.1) is 0 Å². The Morgan fingerprint density at radius 2 is 1.86 bits per heavy atom. The van der Waals surface area contributed by atoms with E-state index in [1.54, 1.807) is 6.07 Å². The second-order valence-corrected chi connectivity index (χ2v) is 4.27. The molecule has 0 saturated heterocycles. The van der Waals surface area contributed by atoms with Gasteiger partial charge in [-0.05, 0) is 29.8 Å². The van der Waals surface area contributed by atoms with Crippen molar-refractivity contribution >= 4 is 11.4 Å². The van der Waals surface area contributed by atoms with Crippen LogP contribution in [0.2, 0.25) is 0 Å². The van der Waals surface area contributed by atoms with Crippen LogP contribution in [0.5, 0.6) is 5.75 Å². The first-order chi connectivity index (χ1) is 9.99. The van der Waals surface area contributed by atoms with Crippen LogP contribution in [0, 0.1) is 21.7 Å². The minimum atomic E-state index is -0.674. The molecule has 0 bridgehead atoms. The van der Waals surface area contributed by atoms with Crippen LogP contribution in [-0.2, 0) is 6.54 Å². The molecule has 0 radical (unpaired) electrons. The van der Waals surface area contributed by atoms with Crippen LogP contribution in [-0.4, -0.2) is 12.0 Å². The van der Waals surface area contributed by atoms with E-state index in [-0.39, 0.29) is 18.0 Å². The summed E-state index contributed by atoms with van der Waals surface area (Å²) in [4.78, 5) is 10.3. The van der Waals surface area contributed by atoms with E-state index in [9.17, 15) is 18.9 Å². The molecule has 0 aliphatic carbocycles.